The van der Waals surface area contributed by atoms with Crippen LogP contribution >= 0.6 is 11.8 Å². The quantitative estimate of drug-likeness (QED) is 0.521. The van der Waals surface area contributed by atoms with Gasteiger partial charge in [-0.15, -0.1) is 0 Å². The number of fused-ring (bicyclic) bond motifs is 2. The van der Waals surface area contributed by atoms with E-state index in [4.69, 9.17) is 5.11 Å². The van der Waals surface area contributed by atoms with Gasteiger partial charge in [0.25, 0.3) is 0 Å². The summed E-state index contributed by atoms with van der Waals surface area (Å²) in [6.07, 6.45) is 2.44. The highest BCUT2D eigenvalue weighted by Crippen LogP contribution is 2.47. The van der Waals surface area contributed by atoms with E-state index >= 15 is 0 Å². The maximum absolute atomic E-state index is 11.2. The van der Waals surface area contributed by atoms with Gasteiger partial charge in [-0.3, -0.25) is 0 Å². The molecule has 3 heteroatoms. The van der Waals surface area contributed by atoms with Crippen molar-refractivity contribution in [3.8, 4) is 0 Å². The number of aromatic carboxylic acids is 1. The Kier molecular flexibility index (Phi) is 4.54. The molecule has 0 bridgehead atoms. The molecule has 0 aromatic heterocycles. The average molecular weight is 391 g/mol. The maximum atomic E-state index is 11.2. The molecule has 4 rings (SSSR count). The SMILES string of the molecule is CC1(C)CCC(C)(C)c2cc(Sc3ccc4cc(C(=O)O)ccc4c3)ccc21. The molecule has 0 aliphatic heterocycles. The van der Waals surface area contributed by atoms with Gasteiger partial charge in [0.1, 0.15) is 0 Å². The van der Waals surface area contributed by atoms with Crippen LogP contribution in [0.5, 0.6) is 0 Å². The smallest absolute Gasteiger partial charge is 0.335 e. The van der Waals surface area contributed by atoms with Crippen LogP contribution in [0.25, 0.3) is 10.8 Å². The zero-order valence-corrected chi connectivity index (χ0v) is 17.7. The van der Waals surface area contributed by atoms with Crippen LogP contribution in [-0.2, 0) is 10.8 Å². The first-order valence-corrected chi connectivity index (χ1v) is 10.6. The second-order valence-electron chi connectivity index (χ2n) is 9.11. The first kappa shape index (κ1) is 19.1. The van der Waals surface area contributed by atoms with E-state index in [-0.39, 0.29) is 10.8 Å². The lowest BCUT2D eigenvalue weighted by atomic mass is 9.63. The molecule has 2 nitrogen and oxygen atoms in total. The molecule has 0 fully saturated rings. The summed E-state index contributed by atoms with van der Waals surface area (Å²) in [6.45, 7) is 9.41. The van der Waals surface area contributed by atoms with Crippen LogP contribution in [0.1, 0.15) is 62.0 Å². The minimum atomic E-state index is -0.889. The highest BCUT2D eigenvalue weighted by atomic mass is 32.2. The standard InChI is InChI=1S/C25H26O2S/c1-24(2)11-12-25(3,4)22-15-20(9-10-21(22)24)28-19-8-7-16-13-18(23(26)27)6-5-17(16)14-19/h5-10,13-15H,11-12H2,1-4H3,(H,26,27). The van der Waals surface area contributed by atoms with Crippen molar-refractivity contribution in [3.05, 3.63) is 71.3 Å². The van der Waals surface area contributed by atoms with E-state index in [2.05, 4.69) is 58.0 Å². The molecule has 1 aliphatic carbocycles. The van der Waals surface area contributed by atoms with Crippen molar-refractivity contribution in [3.63, 3.8) is 0 Å². The lowest BCUT2D eigenvalue weighted by Gasteiger charge is -2.42. The maximum Gasteiger partial charge on any atom is 0.335 e. The molecule has 0 spiro atoms. The number of rotatable bonds is 3. The number of benzene rings is 3. The molecular weight excluding hydrogens is 364 g/mol. The van der Waals surface area contributed by atoms with Gasteiger partial charge in [-0.1, -0.05) is 57.7 Å². The van der Waals surface area contributed by atoms with Crippen molar-refractivity contribution in [1.82, 2.24) is 0 Å². The molecule has 0 heterocycles. The van der Waals surface area contributed by atoms with E-state index in [0.717, 1.165) is 10.8 Å². The van der Waals surface area contributed by atoms with Gasteiger partial charge in [-0.2, -0.15) is 0 Å². The summed E-state index contributed by atoms with van der Waals surface area (Å²) >= 11 is 1.77. The van der Waals surface area contributed by atoms with Crippen LogP contribution in [0.2, 0.25) is 0 Å². The predicted octanol–water partition coefficient (Wildman–Crippen LogP) is 7.04. The minimum Gasteiger partial charge on any atom is -0.478 e. The minimum absolute atomic E-state index is 0.206. The Hall–Kier alpha value is -2.26. The van der Waals surface area contributed by atoms with Crippen molar-refractivity contribution in [2.45, 2.75) is 61.2 Å². The Morgan fingerprint density at radius 1 is 0.786 bits per heavy atom. The summed E-state index contributed by atoms with van der Waals surface area (Å²) < 4.78 is 0. The molecule has 3 aromatic rings. The third kappa shape index (κ3) is 3.44. The van der Waals surface area contributed by atoms with E-state index < -0.39 is 5.97 Å². The molecule has 28 heavy (non-hydrogen) atoms. The Bertz CT molecular complexity index is 1080. The van der Waals surface area contributed by atoms with Gasteiger partial charge in [-0.05, 0) is 82.0 Å². The van der Waals surface area contributed by atoms with E-state index in [1.54, 1.807) is 23.9 Å². The van der Waals surface area contributed by atoms with E-state index in [1.165, 1.54) is 33.8 Å². The Balaban J connectivity index is 1.68. The van der Waals surface area contributed by atoms with E-state index in [0.29, 0.717) is 5.56 Å². The Morgan fingerprint density at radius 2 is 1.36 bits per heavy atom. The van der Waals surface area contributed by atoms with Crippen molar-refractivity contribution in [1.29, 1.82) is 0 Å². The number of hydrogen-bond acceptors (Lipinski definition) is 2. The van der Waals surface area contributed by atoms with E-state index in [9.17, 15) is 4.79 Å². The van der Waals surface area contributed by atoms with Gasteiger partial charge in [0.2, 0.25) is 0 Å². The lowest BCUT2D eigenvalue weighted by Crippen LogP contribution is -2.33. The largest absolute Gasteiger partial charge is 0.478 e. The summed E-state index contributed by atoms with van der Waals surface area (Å²) in [5, 5.41) is 11.2. The van der Waals surface area contributed by atoms with Gasteiger partial charge in [0.05, 0.1) is 5.56 Å². The van der Waals surface area contributed by atoms with Crippen molar-refractivity contribution >= 4 is 28.5 Å². The molecule has 0 amide bonds. The second kappa shape index (κ2) is 6.66. The summed E-state index contributed by atoms with van der Waals surface area (Å²) in [4.78, 5) is 13.6. The topological polar surface area (TPSA) is 37.3 Å². The average Bonchev–Trinajstić information content (AvgIpc) is 2.65. The second-order valence-corrected chi connectivity index (χ2v) is 10.3. The van der Waals surface area contributed by atoms with Crippen molar-refractivity contribution in [2.24, 2.45) is 0 Å². The van der Waals surface area contributed by atoms with Crippen LogP contribution in [0.4, 0.5) is 0 Å². The summed E-state index contributed by atoms with van der Waals surface area (Å²) in [5.41, 5.74) is 3.72. The Morgan fingerprint density at radius 3 is 2.07 bits per heavy atom. The van der Waals surface area contributed by atoms with Crippen LogP contribution in [0, 0.1) is 0 Å². The van der Waals surface area contributed by atoms with E-state index in [1.807, 2.05) is 12.1 Å². The molecule has 1 aliphatic rings. The molecule has 0 saturated carbocycles. The van der Waals surface area contributed by atoms with Gasteiger partial charge in [0, 0.05) is 9.79 Å². The molecule has 0 radical (unpaired) electrons. The number of carboxylic acid groups (broad SMARTS) is 1. The predicted molar refractivity (Wildman–Crippen MR) is 117 cm³/mol. The van der Waals surface area contributed by atoms with Gasteiger partial charge < -0.3 is 5.11 Å². The number of carbonyl (C=O) groups is 1. The number of carboxylic acids is 1. The first-order chi connectivity index (χ1) is 13.2. The fraction of sp³-hybridized carbons (Fsp3) is 0.320. The molecule has 1 N–H and O–H groups in total. The zero-order chi connectivity index (χ0) is 20.1. The van der Waals surface area contributed by atoms with Crippen molar-refractivity contribution in [2.75, 3.05) is 0 Å². The lowest BCUT2D eigenvalue weighted by molar-refractivity contribution is 0.0697. The fourth-order valence-corrected chi connectivity index (χ4v) is 5.09. The third-order valence-corrected chi connectivity index (χ3v) is 7.10. The zero-order valence-electron chi connectivity index (χ0n) is 16.9. The molecule has 0 atom stereocenters. The van der Waals surface area contributed by atoms with Crippen LogP contribution in [0.3, 0.4) is 0 Å². The molecular formula is C25H26O2S. The molecule has 0 unspecified atom stereocenters. The van der Waals surface area contributed by atoms with Gasteiger partial charge in [0.15, 0.2) is 0 Å². The first-order valence-electron chi connectivity index (χ1n) is 9.76. The van der Waals surface area contributed by atoms with Crippen LogP contribution < -0.4 is 0 Å². The van der Waals surface area contributed by atoms with Gasteiger partial charge >= 0.3 is 5.97 Å². The Labute approximate surface area is 171 Å². The summed E-state index contributed by atoms with van der Waals surface area (Å²) in [5.74, 6) is -0.889. The third-order valence-electron chi connectivity index (χ3n) is 6.12. The van der Waals surface area contributed by atoms with Gasteiger partial charge in [-0.25, -0.2) is 4.79 Å². The summed E-state index contributed by atoms with van der Waals surface area (Å²) in [6, 6.07) is 18.4. The van der Waals surface area contributed by atoms with Crippen molar-refractivity contribution < 1.29 is 9.90 Å². The number of hydrogen-bond donors (Lipinski definition) is 1. The normalized spacial score (nSPS) is 17.3. The summed E-state index contributed by atoms with van der Waals surface area (Å²) in [7, 11) is 0. The highest BCUT2D eigenvalue weighted by Gasteiger charge is 2.36. The van der Waals surface area contributed by atoms with Crippen LogP contribution in [0.15, 0.2) is 64.4 Å². The molecule has 0 saturated heterocycles. The molecule has 144 valence electrons. The highest BCUT2D eigenvalue weighted by molar-refractivity contribution is 7.99. The fourth-order valence-electron chi connectivity index (χ4n) is 4.19. The molecule has 3 aromatic carbocycles. The van der Waals surface area contributed by atoms with Crippen LogP contribution in [-0.4, -0.2) is 11.1 Å². The monoisotopic (exact) mass is 390 g/mol.